The summed E-state index contributed by atoms with van der Waals surface area (Å²) >= 11 is 5.92. The van der Waals surface area contributed by atoms with E-state index in [1.54, 1.807) is 0 Å². The van der Waals surface area contributed by atoms with Gasteiger partial charge in [-0.3, -0.25) is 0 Å². The van der Waals surface area contributed by atoms with Crippen LogP contribution in [0.3, 0.4) is 0 Å². The van der Waals surface area contributed by atoms with Gasteiger partial charge in [0.25, 0.3) is 0 Å². The van der Waals surface area contributed by atoms with Gasteiger partial charge in [0.2, 0.25) is 0 Å². The van der Waals surface area contributed by atoms with Gasteiger partial charge in [0, 0.05) is 27.6 Å². The number of ether oxygens (including phenoxy) is 1. The number of alkyl carbamates (subject to hydrolysis) is 1. The second-order valence-electron chi connectivity index (χ2n) is 8.30. The van der Waals surface area contributed by atoms with E-state index in [1.807, 2.05) is 51.1 Å². The molecule has 1 amide bonds. The van der Waals surface area contributed by atoms with E-state index in [1.165, 1.54) is 0 Å². The highest BCUT2D eigenvalue weighted by Crippen LogP contribution is 2.68. The van der Waals surface area contributed by atoms with Crippen LogP contribution in [0.15, 0.2) is 34.9 Å². The van der Waals surface area contributed by atoms with Gasteiger partial charge in [0.05, 0.1) is 0 Å². The van der Waals surface area contributed by atoms with Crippen molar-refractivity contribution in [3.63, 3.8) is 0 Å². The summed E-state index contributed by atoms with van der Waals surface area (Å²) in [5.74, 6) is 0.894. The zero-order valence-electron chi connectivity index (χ0n) is 14.6. The lowest BCUT2D eigenvalue weighted by Crippen LogP contribution is -2.76. The van der Waals surface area contributed by atoms with Gasteiger partial charge in [0.1, 0.15) is 17.1 Å². The number of hydrogen-bond donors (Lipinski definition) is 1. The summed E-state index contributed by atoms with van der Waals surface area (Å²) in [5.41, 5.74) is 1.17. The van der Waals surface area contributed by atoms with Crippen molar-refractivity contribution in [2.24, 2.45) is 0 Å². The lowest BCUT2D eigenvalue weighted by Gasteiger charge is -2.68. The molecule has 5 rings (SSSR count). The number of amides is 1. The summed E-state index contributed by atoms with van der Waals surface area (Å²) in [6, 6.07) is 9.53. The average molecular weight is 361 g/mol. The number of aromatic nitrogens is 1. The highest BCUT2D eigenvalue weighted by atomic mass is 35.5. The van der Waals surface area contributed by atoms with Crippen molar-refractivity contribution in [3.8, 4) is 11.3 Å². The summed E-state index contributed by atoms with van der Waals surface area (Å²) in [6.45, 7) is 5.59. The molecular formula is C19H21ClN2O3. The first-order valence-electron chi connectivity index (χ1n) is 8.43. The van der Waals surface area contributed by atoms with Crippen molar-refractivity contribution in [1.29, 1.82) is 0 Å². The Kier molecular flexibility index (Phi) is 3.45. The van der Waals surface area contributed by atoms with Gasteiger partial charge in [-0.1, -0.05) is 28.9 Å². The molecule has 6 heteroatoms. The molecule has 1 N–H and O–H groups in total. The highest BCUT2D eigenvalue weighted by molar-refractivity contribution is 6.30. The van der Waals surface area contributed by atoms with E-state index in [9.17, 15) is 4.79 Å². The van der Waals surface area contributed by atoms with Crippen LogP contribution in [0.1, 0.15) is 45.8 Å². The topological polar surface area (TPSA) is 64.4 Å². The Morgan fingerprint density at radius 1 is 1.24 bits per heavy atom. The molecule has 0 saturated heterocycles. The summed E-state index contributed by atoms with van der Waals surface area (Å²) in [6.07, 6.45) is 2.26. The molecule has 3 aliphatic rings. The highest BCUT2D eigenvalue weighted by Gasteiger charge is 2.71. The van der Waals surface area contributed by atoms with Crippen LogP contribution in [0.5, 0.6) is 0 Å². The van der Waals surface area contributed by atoms with Crippen molar-refractivity contribution >= 4 is 17.7 Å². The fraction of sp³-hybridized carbons (Fsp3) is 0.474. The molecule has 3 aliphatic carbocycles. The van der Waals surface area contributed by atoms with Gasteiger partial charge in [-0.2, -0.15) is 0 Å². The van der Waals surface area contributed by atoms with Crippen molar-refractivity contribution in [2.45, 2.75) is 56.6 Å². The maximum Gasteiger partial charge on any atom is 0.408 e. The molecule has 1 aromatic carbocycles. The molecule has 25 heavy (non-hydrogen) atoms. The predicted octanol–water partition coefficient (Wildman–Crippen LogP) is 4.69. The van der Waals surface area contributed by atoms with Crippen LogP contribution >= 0.6 is 11.6 Å². The lowest BCUT2D eigenvalue weighted by molar-refractivity contribution is -0.102. The number of nitrogens with one attached hydrogen (secondary N) is 1. The Morgan fingerprint density at radius 2 is 1.88 bits per heavy atom. The molecule has 0 unspecified atom stereocenters. The first kappa shape index (κ1) is 16.5. The Hall–Kier alpha value is -2.01. The third-order valence-electron chi connectivity index (χ3n) is 4.97. The van der Waals surface area contributed by atoms with E-state index >= 15 is 0 Å². The maximum absolute atomic E-state index is 12.0. The number of nitrogens with zero attached hydrogens (tertiary/aromatic N) is 1. The fourth-order valence-electron chi connectivity index (χ4n) is 3.98. The van der Waals surface area contributed by atoms with Gasteiger partial charge < -0.3 is 14.6 Å². The van der Waals surface area contributed by atoms with Crippen LogP contribution in [0.2, 0.25) is 5.02 Å². The van der Waals surface area contributed by atoms with Crippen molar-refractivity contribution in [2.75, 3.05) is 0 Å². The minimum Gasteiger partial charge on any atom is -0.444 e. The molecule has 0 radical (unpaired) electrons. The van der Waals surface area contributed by atoms with Gasteiger partial charge in [-0.25, -0.2) is 4.79 Å². The van der Waals surface area contributed by atoms with Gasteiger partial charge in [0.15, 0.2) is 0 Å². The first-order valence-corrected chi connectivity index (χ1v) is 8.81. The zero-order chi connectivity index (χ0) is 17.9. The standard InChI is InChI=1S/C19H21ClN2O3/c1-17(2,3)24-16(23)21-19-9-18(10-19,11-19)15-8-14(22-25-15)12-4-6-13(20)7-5-12/h4-8H,9-11H2,1-3H3,(H,21,23). The van der Waals surface area contributed by atoms with E-state index in [-0.39, 0.29) is 17.0 Å². The van der Waals surface area contributed by atoms with Gasteiger partial charge in [-0.15, -0.1) is 0 Å². The van der Waals surface area contributed by atoms with E-state index in [0.29, 0.717) is 5.02 Å². The molecule has 132 valence electrons. The lowest BCUT2D eigenvalue weighted by atomic mass is 9.38. The van der Waals surface area contributed by atoms with Crippen LogP contribution in [0.4, 0.5) is 4.79 Å². The number of halogens is 1. The van der Waals surface area contributed by atoms with E-state index in [2.05, 4.69) is 10.5 Å². The number of carbonyl (C=O) groups is 1. The Labute approximate surface area is 151 Å². The summed E-state index contributed by atoms with van der Waals surface area (Å²) in [4.78, 5) is 12.0. The first-order chi connectivity index (χ1) is 11.7. The van der Waals surface area contributed by atoms with E-state index in [0.717, 1.165) is 36.3 Å². The smallest absolute Gasteiger partial charge is 0.408 e. The summed E-state index contributed by atoms with van der Waals surface area (Å²) < 4.78 is 10.9. The van der Waals surface area contributed by atoms with Crippen LogP contribution < -0.4 is 5.32 Å². The monoisotopic (exact) mass is 360 g/mol. The normalized spacial score (nSPS) is 27.2. The van der Waals surface area contributed by atoms with Crippen molar-refractivity contribution in [3.05, 3.63) is 41.1 Å². The van der Waals surface area contributed by atoms with E-state index < -0.39 is 5.60 Å². The predicted molar refractivity (Wildman–Crippen MR) is 94.6 cm³/mol. The molecule has 3 saturated carbocycles. The minimum atomic E-state index is -0.482. The van der Waals surface area contributed by atoms with Crippen LogP contribution in [0.25, 0.3) is 11.3 Å². The quantitative estimate of drug-likeness (QED) is 0.862. The van der Waals surface area contributed by atoms with Gasteiger partial charge >= 0.3 is 6.09 Å². The number of hydrogen-bond acceptors (Lipinski definition) is 4. The molecule has 1 heterocycles. The SMILES string of the molecule is CC(C)(C)OC(=O)NC12CC(c3cc(-c4ccc(Cl)cc4)no3)(C1)C2. The maximum atomic E-state index is 12.0. The molecule has 0 atom stereocenters. The zero-order valence-corrected chi connectivity index (χ0v) is 15.3. The third-order valence-corrected chi connectivity index (χ3v) is 5.22. The molecule has 0 spiro atoms. The van der Waals surface area contributed by atoms with Crippen LogP contribution in [-0.4, -0.2) is 22.4 Å². The summed E-state index contributed by atoms with van der Waals surface area (Å²) in [7, 11) is 0. The Bertz CT molecular complexity index is 800. The van der Waals surface area contributed by atoms with E-state index in [4.69, 9.17) is 20.9 Å². The molecule has 0 aliphatic heterocycles. The molecule has 1 aromatic heterocycles. The fourth-order valence-corrected chi connectivity index (χ4v) is 4.11. The number of benzene rings is 1. The van der Waals surface area contributed by atoms with Crippen molar-refractivity contribution in [1.82, 2.24) is 10.5 Å². The summed E-state index contributed by atoms with van der Waals surface area (Å²) in [5, 5.41) is 7.90. The van der Waals surface area contributed by atoms with Crippen LogP contribution in [-0.2, 0) is 10.2 Å². The molecule has 2 aromatic rings. The third kappa shape index (κ3) is 2.91. The number of rotatable bonds is 3. The number of carbonyl (C=O) groups excluding carboxylic acids is 1. The Balaban J connectivity index is 1.40. The average Bonchev–Trinajstić information content (AvgIpc) is 2.89. The van der Waals surface area contributed by atoms with Gasteiger partial charge in [-0.05, 0) is 52.2 Å². The second kappa shape index (κ2) is 5.24. The molecule has 3 fully saturated rings. The largest absolute Gasteiger partial charge is 0.444 e. The molecule has 5 nitrogen and oxygen atoms in total. The second-order valence-corrected chi connectivity index (χ2v) is 8.74. The molecular weight excluding hydrogens is 340 g/mol. The molecule has 2 bridgehead atoms. The minimum absolute atomic E-state index is 0.00663. The van der Waals surface area contributed by atoms with Crippen LogP contribution in [0, 0.1) is 0 Å². The van der Waals surface area contributed by atoms with Crippen molar-refractivity contribution < 1.29 is 14.1 Å². The Morgan fingerprint density at radius 3 is 2.48 bits per heavy atom.